The Labute approximate surface area is 136 Å². The summed E-state index contributed by atoms with van der Waals surface area (Å²) in [6.45, 7) is 6.33. The van der Waals surface area contributed by atoms with Gasteiger partial charge in [0.05, 0.1) is 0 Å². The number of ether oxygens (including phenoxy) is 1. The second-order valence-corrected chi connectivity index (χ2v) is 6.68. The molecule has 0 unspecified atom stereocenters. The number of amides is 1. The zero-order valence-electron chi connectivity index (χ0n) is 13.9. The zero-order chi connectivity index (χ0) is 17.6. The third-order valence-corrected chi connectivity index (χ3v) is 3.87. The molecule has 4 atom stereocenters. The molecule has 23 heavy (non-hydrogen) atoms. The number of carbonyl (C=O) groups excluding carboxylic acids is 2. The van der Waals surface area contributed by atoms with E-state index in [0.717, 1.165) is 0 Å². The van der Waals surface area contributed by atoms with Gasteiger partial charge in [0.25, 0.3) is 0 Å². The average Bonchev–Trinajstić information content (AvgIpc) is 3.26. The van der Waals surface area contributed by atoms with Gasteiger partial charge in [-0.3, -0.25) is 9.59 Å². The van der Waals surface area contributed by atoms with Crippen LogP contribution in [0.25, 0.3) is 0 Å². The van der Waals surface area contributed by atoms with E-state index in [0.29, 0.717) is 19.4 Å². The molecule has 0 spiro atoms. The number of aliphatic hydroxyl groups is 1. The molecule has 1 aliphatic rings. The van der Waals surface area contributed by atoms with Crippen LogP contribution in [-0.4, -0.2) is 53.2 Å². The number of hydrogen-bond acceptors (Lipinski definition) is 5. The van der Waals surface area contributed by atoms with Crippen molar-refractivity contribution in [1.82, 2.24) is 5.32 Å². The summed E-state index contributed by atoms with van der Waals surface area (Å²) in [5.41, 5.74) is 0. The predicted molar refractivity (Wildman–Crippen MR) is 82.7 cm³/mol. The summed E-state index contributed by atoms with van der Waals surface area (Å²) in [6, 6.07) is 0. The summed E-state index contributed by atoms with van der Waals surface area (Å²) in [5.74, 6) is -1.81. The fraction of sp³-hybridized carbons (Fsp3) is 0.812. The molecule has 0 aromatic heterocycles. The van der Waals surface area contributed by atoms with E-state index < -0.39 is 24.1 Å². The summed E-state index contributed by atoms with van der Waals surface area (Å²) < 4.78 is 4.84. The van der Waals surface area contributed by atoms with Crippen molar-refractivity contribution in [2.75, 3.05) is 13.2 Å². The molecule has 3 N–H and O–H groups in total. The van der Waals surface area contributed by atoms with E-state index in [1.165, 1.54) is 0 Å². The first-order valence-corrected chi connectivity index (χ1v) is 8.05. The van der Waals surface area contributed by atoms with E-state index in [2.05, 4.69) is 5.32 Å². The molecule has 0 aliphatic carbocycles. The Bertz CT molecular complexity index is 436. The van der Waals surface area contributed by atoms with Gasteiger partial charge in [-0.2, -0.15) is 0 Å². The first-order chi connectivity index (χ1) is 10.8. The number of aliphatic hydroxyl groups excluding tert-OH is 1. The minimum atomic E-state index is -1.15. The number of Topliss-reactive ketones (excluding diaryl/α,β-unsaturated/α-hetero) is 1. The van der Waals surface area contributed by atoms with E-state index >= 15 is 0 Å². The lowest BCUT2D eigenvalue weighted by molar-refractivity contribution is -0.138. The van der Waals surface area contributed by atoms with Gasteiger partial charge in [0.1, 0.15) is 0 Å². The molecular weight excluding hydrogens is 302 g/mol. The highest BCUT2D eigenvalue weighted by molar-refractivity contribution is 5.95. The van der Waals surface area contributed by atoms with Gasteiger partial charge in [0.15, 0.2) is 18.0 Å². The lowest BCUT2D eigenvalue weighted by Gasteiger charge is -2.18. The van der Waals surface area contributed by atoms with Crippen molar-refractivity contribution in [2.45, 2.75) is 52.2 Å². The summed E-state index contributed by atoms with van der Waals surface area (Å²) >= 11 is 0. The smallest absolute Gasteiger partial charge is 0.336 e. The average molecular weight is 329 g/mol. The van der Waals surface area contributed by atoms with Crippen LogP contribution in [0.15, 0.2) is 0 Å². The molecule has 0 saturated carbocycles. The first-order valence-electron chi connectivity index (χ1n) is 8.05. The van der Waals surface area contributed by atoms with Crippen molar-refractivity contribution < 1.29 is 29.3 Å². The second kappa shape index (κ2) is 8.98. The number of nitrogens with one attached hydrogen (secondary N) is 1. The quantitative estimate of drug-likeness (QED) is 0.478. The van der Waals surface area contributed by atoms with Crippen molar-refractivity contribution in [1.29, 1.82) is 0 Å². The molecule has 0 aromatic rings. The standard InChI is InChI=1S/C16H27NO6/c1-9(2)6-11(15(20)17-5-4-10(3)8-18)7-12(19)13-14(23-13)16(21)22/h9-11,13-14,18H,4-8H2,1-3H3,(H,17,20)(H,21,22)/t10-,11+,13+,14-/m0/s1. The highest BCUT2D eigenvalue weighted by atomic mass is 16.6. The Kier molecular flexibility index (Phi) is 7.64. The number of epoxide rings is 1. The van der Waals surface area contributed by atoms with Crippen LogP contribution in [0.3, 0.4) is 0 Å². The second-order valence-electron chi connectivity index (χ2n) is 6.68. The molecule has 0 bridgehead atoms. The molecule has 1 saturated heterocycles. The lowest BCUT2D eigenvalue weighted by atomic mass is 9.90. The SMILES string of the molecule is CC(C)C[C@H](CC(=O)[C@H]1O[C@@H]1C(=O)O)C(=O)NCC[C@H](C)CO. The van der Waals surface area contributed by atoms with Crippen LogP contribution in [0.5, 0.6) is 0 Å². The summed E-state index contributed by atoms with van der Waals surface area (Å²) in [4.78, 5) is 35.0. The number of carbonyl (C=O) groups is 3. The van der Waals surface area contributed by atoms with Gasteiger partial charge in [-0.05, 0) is 24.7 Å². The molecule has 1 amide bonds. The maximum Gasteiger partial charge on any atom is 0.336 e. The van der Waals surface area contributed by atoms with Crippen LogP contribution >= 0.6 is 0 Å². The largest absolute Gasteiger partial charge is 0.479 e. The fourth-order valence-electron chi connectivity index (χ4n) is 2.43. The molecule has 0 aromatic carbocycles. The van der Waals surface area contributed by atoms with E-state index in [1.54, 1.807) is 0 Å². The van der Waals surface area contributed by atoms with Gasteiger partial charge in [0.2, 0.25) is 5.91 Å². The first kappa shape index (κ1) is 19.6. The van der Waals surface area contributed by atoms with Crippen molar-refractivity contribution in [2.24, 2.45) is 17.8 Å². The summed E-state index contributed by atoms with van der Waals surface area (Å²) in [7, 11) is 0. The molecule has 1 aliphatic heterocycles. The van der Waals surface area contributed by atoms with Gasteiger partial charge < -0.3 is 20.3 Å². The van der Waals surface area contributed by atoms with E-state index in [-0.39, 0.29) is 36.6 Å². The Morgan fingerprint density at radius 3 is 2.30 bits per heavy atom. The van der Waals surface area contributed by atoms with Gasteiger partial charge >= 0.3 is 5.97 Å². The molecule has 7 heteroatoms. The minimum absolute atomic E-state index is 0.00594. The summed E-state index contributed by atoms with van der Waals surface area (Å²) in [5, 5.41) is 20.5. The predicted octanol–water partition coefficient (Wildman–Crippen LogP) is 0.595. The topological polar surface area (TPSA) is 116 Å². The Morgan fingerprint density at radius 2 is 1.83 bits per heavy atom. The number of ketones is 1. The van der Waals surface area contributed by atoms with Crippen LogP contribution in [0, 0.1) is 17.8 Å². The zero-order valence-corrected chi connectivity index (χ0v) is 13.9. The Hall–Kier alpha value is -1.47. The maximum atomic E-state index is 12.3. The van der Waals surface area contributed by atoms with E-state index in [4.69, 9.17) is 14.9 Å². The lowest BCUT2D eigenvalue weighted by Crippen LogP contribution is -2.35. The number of aliphatic carboxylic acids is 1. The van der Waals surface area contributed by atoms with Crippen molar-refractivity contribution in [3.05, 3.63) is 0 Å². The van der Waals surface area contributed by atoms with Gasteiger partial charge in [-0.1, -0.05) is 20.8 Å². The minimum Gasteiger partial charge on any atom is -0.479 e. The molecule has 132 valence electrons. The Morgan fingerprint density at radius 1 is 1.17 bits per heavy atom. The third-order valence-electron chi connectivity index (χ3n) is 3.87. The Balaban J connectivity index is 2.50. The number of hydrogen-bond donors (Lipinski definition) is 3. The summed E-state index contributed by atoms with van der Waals surface area (Å²) in [6.07, 6.45) is -0.761. The molecule has 1 heterocycles. The normalized spacial score (nSPS) is 22.5. The van der Waals surface area contributed by atoms with Crippen LogP contribution in [0.4, 0.5) is 0 Å². The van der Waals surface area contributed by atoms with E-state index in [1.807, 2.05) is 20.8 Å². The van der Waals surface area contributed by atoms with Gasteiger partial charge in [-0.15, -0.1) is 0 Å². The monoisotopic (exact) mass is 329 g/mol. The highest BCUT2D eigenvalue weighted by Gasteiger charge is 2.50. The molecule has 1 fully saturated rings. The number of carboxylic acid groups (broad SMARTS) is 1. The van der Waals surface area contributed by atoms with Crippen LogP contribution in [-0.2, 0) is 19.1 Å². The van der Waals surface area contributed by atoms with Gasteiger partial charge in [0, 0.05) is 25.5 Å². The van der Waals surface area contributed by atoms with Crippen LogP contribution < -0.4 is 5.32 Å². The number of carboxylic acids is 1. The van der Waals surface area contributed by atoms with Crippen LogP contribution in [0.2, 0.25) is 0 Å². The van der Waals surface area contributed by atoms with Gasteiger partial charge in [-0.25, -0.2) is 4.79 Å². The molecule has 1 rings (SSSR count). The number of rotatable bonds is 11. The third kappa shape index (κ3) is 6.66. The van der Waals surface area contributed by atoms with Crippen molar-refractivity contribution in [3.8, 4) is 0 Å². The fourth-order valence-corrected chi connectivity index (χ4v) is 2.43. The molecular formula is C16H27NO6. The molecule has 0 radical (unpaired) electrons. The van der Waals surface area contributed by atoms with Crippen molar-refractivity contribution >= 4 is 17.7 Å². The maximum absolute atomic E-state index is 12.3. The molecule has 7 nitrogen and oxygen atoms in total. The van der Waals surface area contributed by atoms with E-state index in [9.17, 15) is 14.4 Å². The van der Waals surface area contributed by atoms with Crippen LogP contribution in [0.1, 0.15) is 40.0 Å². The highest BCUT2D eigenvalue weighted by Crippen LogP contribution is 2.27. The van der Waals surface area contributed by atoms with Crippen molar-refractivity contribution in [3.63, 3.8) is 0 Å².